The third-order valence-corrected chi connectivity index (χ3v) is 6.16. The monoisotopic (exact) mass is 386 g/mol. The molecule has 0 spiro atoms. The lowest BCUT2D eigenvalue weighted by Crippen LogP contribution is -2.36. The van der Waals surface area contributed by atoms with E-state index in [4.69, 9.17) is 5.10 Å². The predicted molar refractivity (Wildman–Crippen MR) is 118 cm³/mol. The molecule has 3 aliphatic rings. The molecule has 2 aromatic carbocycles. The van der Waals surface area contributed by atoms with Gasteiger partial charge in [-0.25, -0.2) is 5.01 Å². The van der Waals surface area contributed by atoms with E-state index in [0.717, 1.165) is 42.1 Å². The van der Waals surface area contributed by atoms with Crippen molar-refractivity contribution in [2.24, 2.45) is 16.0 Å². The van der Waals surface area contributed by atoms with E-state index in [9.17, 15) is 5.11 Å². The summed E-state index contributed by atoms with van der Waals surface area (Å²) in [5.41, 5.74) is 4.35. The quantitative estimate of drug-likeness (QED) is 0.842. The summed E-state index contributed by atoms with van der Waals surface area (Å²) in [5.74, 6) is 1.39. The van der Waals surface area contributed by atoms with Gasteiger partial charge in [-0.3, -0.25) is 4.99 Å². The smallest absolute Gasteiger partial charge is 0.124 e. The van der Waals surface area contributed by atoms with Crippen LogP contribution in [0.15, 0.2) is 70.2 Å². The minimum atomic E-state index is 0.276. The van der Waals surface area contributed by atoms with Crippen molar-refractivity contribution in [2.45, 2.75) is 32.2 Å². The molecule has 0 saturated heterocycles. The summed E-state index contributed by atoms with van der Waals surface area (Å²) in [7, 11) is 0. The van der Waals surface area contributed by atoms with Crippen LogP contribution in [0.4, 0.5) is 0 Å². The fourth-order valence-electron chi connectivity index (χ4n) is 4.57. The molecule has 148 valence electrons. The zero-order valence-corrected chi connectivity index (χ0v) is 16.7. The van der Waals surface area contributed by atoms with Gasteiger partial charge < -0.3 is 10.4 Å². The van der Waals surface area contributed by atoms with Crippen molar-refractivity contribution >= 4 is 22.7 Å². The van der Waals surface area contributed by atoms with Crippen LogP contribution in [0.25, 0.3) is 10.8 Å². The van der Waals surface area contributed by atoms with Crippen molar-refractivity contribution in [3.05, 3.63) is 71.2 Å². The summed E-state index contributed by atoms with van der Waals surface area (Å²) in [6, 6.07) is 13.2. The third-order valence-electron chi connectivity index (χ3n) is 6.16. The van der Waals surface area contributed by atoms with E-state index in [0.29, 0.717) is 18.5 Å². The maximum atomic E-state index is 9.44. The van der Waals surface area contributed by atoms with Crippen LogP contribution in [0.2, 0.25) is 0 Å². The molecule has 0 radical (unpaired) electrons. The third kappa shape index (κ3) is 3.47. The van der Waals surface area contributed by atoms with Crippen molar-refractivity contribution in [3.63, 3.8) is 0 Å². The molecule has 0 aromatic heterocycles. The number of allylic oxidation sites excluding steroid dienone is 2. The van der Waals surface area contributed by atoms with Crippen molar-refractivity contribution in [3.8, 4) is 0 Å². The fourth-order valence-corrected chi connectivity index (χ4v) is 4.57. The Morgan fingerprint density at radius 3 is 2.83 bits per heavy atom. The van der Waals surface area contributed by atoms with E-state index in [1.54, 1.807) is 0 Å². The molecule has 2 unspecified atom stereocenters. The Labute approximate surface area is 171 Å². The van der Waals surface area contributed by atoms with Crippen LogP contribution in [-0.2, 0) is 0 Å². The first kappa shape index (κ1) is 18.1. The second kappa shape index (κ2) is 7.48. The summed E-state index contributed by atoms with van der Waals surface area (Å²) < 4.78 is 0. The molecule has 5 heteroatoms. The van der Waals surface area contributed by atoms with Crippen molar-refractivity contribution in [2.75, 3.05) is 13.2 Å². The average molecular weight is 386 g/mol. The van der Waals surface area contributed by atoms with Crippen LogP contribution >= 0.6 is 0 Å². The number of hydrogen-bond donors (Lipinski definition) is 2. The highest BCUT2D eigenvalue weighted by molar-refractivity contribution is 6.17. The number of nitrogens with zero attached hydrogens (tertiary/aromatic N) is 3. The zero-order valence-electron chi connectivity index (χ0n) is 16.7. The molecule has 2 aliphatic heterocycles. The summed E-state index contributed by atoms with van der Waals surface area (Å²) in [6.07, 6.45) is 9.12. The van der Waals surface area contributed by atoms with Crippen molar-refractivity contribution in [1.82, 2.24) is 10.3 Å². The van der Waals surface area contributed by atoms with Crippen LogP contribution < -0.4 is 5.32 Å². The van der Waals surface area contributed by atoms with Gasteiger partial charge in [-0.15, -0.1) is 0 Å². The standard InChI is InChI=1S/C24H26N4O/c1-16-6-9-22(21-5-3-2-4-20(16)21)23-13-19-14-28(27-23)24(10-11-25-19)26-18-8-7-17(12-18)15-29/h2-6,9-11,13,17-18,26,29H,7-8,12,14-15H2,1H3. The summed E-state index contributed by atoms with van der Waals surface area (Å²) in [5, 5.41) is 22.6. The highest BCUT2D eigenvalue weighted by Gasteiger charge is 2.27. The van der Waals surface area contributed by atoms with Crippen LogP contribution in [0, 0.1) is 12.8 Å². The summed E-state index contributed by atoms with van der Waals surface area (Å²) in [4.78, 5) is 4.63. The van der Waals surface area contributed by atoms with E-state index in [1.165, 1.54) is 16.3 Å². The lowest BCUT2D eigenvalue weighted by Gasteiger charge is -2.28. The molecule has 1 fully saturated rings. The SMILES string of the molecule is Cc1ccc(C2=NN3CC(=C2)N=CC=C3NC2CCC(CO)C2)c2ccccc12. The molecule has 2 bridgehead atoms. The van der Waals surface area contributed by atoms with Gasteiger partial charge in [0.05, 0.1) is 18.0 Å². The van der Waals surface area contributed by atoms with Gasteiger partial charge in [-0.2, -0.15) is 5.10 Å². The van der Waals surface area contributed by atoms with Gasteiger partial charge in [0.15, 0.2) is 0 Å². The Bertz CT molecular complexity index is 1070. The maximum Gasteiger partial charge on any atom is 0.124 e. The van der Waals surface area contributed by atoms with E-state index >= 15 is 0 Å². The first-order valence-electron chi connectivity index (χ1n) is 10.4. The lowest BCUT2D eigenvalue weighted by molar-refractivity contribution is 0.227. The molecular weight excluding hydrogens is 360 g/mol. The fraction of sp³-hybridized carbons (Fsp3) is 0.333. The Morgan fingerprint density at radius 2 is 2.00 bits per heavy atom. The molecule has 5 nitrogen and oxygen atoms in total. The molecule has 2 atom stereocenters. The number of hydrogen-bond acceptors (Lipinski definition) is 5. The van der Waals surface area contributed by atoms with E-state index in [1.807, 2.05) is 17.3 Å². The van der Waals surface area contributed by atoms with Gasteiger partial charge >= 0.3 is 0 Å². The molecular formula is C24H26N4O. The Kier molecular flexibility index (Phi) is 4.68. The zero-order chi connectivity index (χ0) is 19.8. The minimum absolute atomic E-state index is 0.276. The van der Waals surface area contributed by atoms with E-state index in [2.05, 4.69) is 59.7 Å². The van der Waals surface area contributed by atoms with E-state index in [-0.39, 0.29) is 6.61 Å². The second-order valence-electron chi connectivity index (χ2n) is 8.19. The van der Waals surface area contributed by atoms with Gasteiger partial charge in [0.1, 0.15) is 5.82 Å². The number of aryl methyl sites for hydroxylation is 1. The van der Waals surface area contributed by atoms with Crippen LogP contribution in [0.3, 0.4) is 0 Å². The van der Waals surface area contributed by atoms with Gasteiger partial charge in [-0.05, 0) is 60.6 Å². The molecule has 1 saturated carbocycles. The maximum absolute atomic E-state index is 9.44. The highest BCUT2D eigenvalue weighted by atomic mass is 16.3. The van der Waals surface area contributed by atoms with E-state index < -0.39 is 0 Å². The van der Waals surface area contributed by atoms with Crippen LogP contribution in [0.5, 0.6) is 0 Å². The van der Waals surface area contributed by atoms with Gasteiger partial charge in [0.2, 0.25) is 0 Å². The molecule has 5 rings (SSSR count). The van der Waals surface area contributed by atoms with Crippen LogP contribution in [0.1, 0.15) is 30.4 Å². The Morgan fingerprint density at radius 1 is 1.14 bits per heavy atom. The topological polar surface area (TPSA) is 60.2 Å². The largest absolute Gasteiger partial charge is 0.396 e. The normalized spacial score (nSPS) is 23.5. The first-order chi connectivity index (χ1) is 14.2. The molecule has 1 aliphatic carbocycles. The Hall–Kier alpha value is -2.92. The number of aliphatic hydroxyl groups is 1. The number of aliphatic imine (C=N–C) groups is 1. The number of benzene rings is 2. The first-order valence-corrected chi connectivity index (χ1v) is 10.4. The molecule has 29 heavy (non-hydrogen) atoms. The number of fused-ring (bicyclic) bond motifs is 3. The number of rotatable bonds is 4. The predicted octanol–water partition coefficient (Wildman–Crippen LogP) is 3.73. The van der Waals surface area contributed by atoms with Gasteiger partial charge in [0.25, 0.3) is 0 Å². The van der Waals surface area contributed by atoms with Crippen molar-refractivity contribution < 1.29 is 5.11 Å². The molecule has 2 heterocycles. The molecule has 2 aromatic rings. The number of aliphatic hydroxyl groups excluding tert-OH is 1. The summed E-state index contributed by atoms with van der Waals surface area (Å²) >= 11 is 0. The average Bonchev–Trinajstić information content (AvgIpc) is 3.15. The van der Waals surface area contributed by atoms with Gasteiger partial charge in [-0.1, -0.05) is 36.4 Å². The number of nitrogens with one attached hydrogen (secondary N) is 1. The minimum Gasteiger partial charge on any atom is -0.396 e. The second-order valence-corrected chi connectivity index (χ2v) is 8.19. The molecule has 2 N–H and O–H groups in total. The molecule has 0 amide bonds. The lowest BCUT2D eigenvalue weighted by atomic mass is 9.97. The highest BCUT2D eigenvalue weighted by Crippen LogP contribution is 2.29. The van der Waals surface area contributed by atoms with Crippen molar-refractivity contribution in [1.29, 1.82) is 0 Å². The van der Waals surface area contributed by atoms with Crippen LogP contribution in [-0.4, -0.2) is 41.2 Å². The number of hydrazone groups is 1. The van der Waals surface area contributed by atoms with Gasteiger partial charge in [0, 0.05) is 24.4 Å². The summed E-state index contributed by atoms with van der Waals surface area (Å²) in [6.45, 7) is 3.09. The Balaban J connectivity index is 1.48.